The summed E-state index contributed by atoms with van der Waals surface area (Å²) in [6.45, 7) is 3.51. The molecule has 1 unspecified atom stereocenters. The van der Waals surface area contributed by atoms with Crippen molar-refractivity contribution in [3.63, 3.8) is 0 Å². The zero-order valence-electron chi connectivity index (χ0n) is 13.1. The maximum Gasteiger partial charge on any atom is 0.416 e. The van der Waals surface area contributed by atoms with Crippen molar-refractivity contribution in [1.29, 1.82) is 0 Å². The average molecular weight is 389 g/mol. The van der Waals surface area contributed by atoms with E-state index in [1.807, 2.05) is 0 Å². The van der Waals surface area contributed by atoms with Crippen molar-refractivity contribution in [2.45, 2.75) is 18.0 Å². The van der Waals surface area contributed by atoms with Crippen LogP contribution in [0.25, 0.3) is 0 Å². The number of hydrogen-bond donors (Lipinski definition) is 2. The van der Waals surface area contributed by atoms with E-state index < -0.39 is 17.0 Å². The first-order valence-electron chi connectivity index (χ1n) is 7.29. The molecule has 0 saturated heterocycles. The Morgan fingerprint density at radius 2 is 1.96 bits per heavy atom. The second-order valence-corrected chi connectivity index (χ2v) is 6.25. The molecular weight excluding hydrogens is 373 g/mol. The molecular formula is C18H16ClF3O2S. The fraction of sp³-hybridized carbons (Fsp3) is 0.222. The van der Waals surface area contributed by atoms with Gasteiger partial charge in [0.05, 0.1) is 17.4 Å². The summed E-state index contributed by atoms with van der Waals surface area (Å²) in [6.07, 6.45) is -3.01. The van der Waals surface area contributed by atoms with E-state index in [-0.39, 0.29) is 23.8 Å². The summed E-state index contributed by atoms with van der Waals surface area (Å²) in [5.74, 6) is 0.419. The molecule has 2 aromatic rings. The van der Waals surface area contributed by atoms with Crippen molar-refractivity contribution in [3.05, 3.63) is 76.3 Å². The summed E-state index contributed by atoms with van der Waals surface area (Å²) < 4.78 is 45.4. The molecule has 1 N–H and O–H groups in total. The van der Waals surface area contributed by atoms with E-state index in [9.17, 15) is 18.3 Å². The lowest BCUT2D eigenvalue weighted by molar-refractivity contribution is -0.138. The minimum Gasteiger partial charge on any atom is -0.490 e. The first kappa shape index (κ1) is 19.7. The number of aliphatic hydroxyl groups excluding tert-OH is 1. The summed E-state index contributed by atoms with van der Waals surface area (Å²) in [5, 5.41) is 8.51. The summed E-state index contributed by atoms with van der Waals surface area (Å²) in [6, 6.07) is 8.37. The molecule has 2 aromatic carbocycles. The Morgan fingerprint density at radius 3 is 2.56 bits per heavy atom. The Balaban J connectivity index is 2.50. The van der Waals surface area contributed by atoms with Crippen molar-refractivity contribution in [3.8, 4) is 5.75 Å². The molecule has 134 valence electrons. The molecule has 0 spiro atoms. The van der Waals surface area contributed by atoms with Gasteiger partial charge in [-0.3, -0.25) is 0 Å². The van der Waals surface area contributed by atoms with Crippen LogP contribution in [0.4, 0.5) is 13.2 Å². The lowest BCUT2D eigenvalue weighted by Crippen LogP contribution is -2.11. The third kappa shape index (κ3) is 4.93. The van der Waals surface area contributed by atoms with Crippen LogP contribution in [0.3, 0.4) is 0 Å². The van der Waals surface area contributed by atoms with Crippen LogP contribution < -0.4 is 4.74 Å². The van der Waals surface area contributed by atoms with Crippen molar-refractivity contribution in [2.75, 3.05) is 6.61 Å². The van der Waals surface area contributed by atoms with Gasteiger partial charge in [-0.25, -0.2) is 0 Å². The monoisotopic (exact) mass is 388 g/mol. The number of aliphatic hydroxyl groups is 1. The van der Waals surface area contributed by atoms with Crippen LogP contribution in [0.15, 0.2) is 49.1 Å². The first-order valence-corrected chi connectivity index (χ1v) is 8.19. The van der Waals surface area contributed by atoms with E-state index in [1.165, 1.54) is 12.1 Å². The minimum absolute atomic E-state index is 0.00396. The largest absolute Gasteiger partial charge is 0.490 e. The van der Waals surface area contributed by atoms with Crippen LogP contribution in [-0.4, -0.2) is 11.7 Å². The molecule has 0 heterocycles. The molecule has 0 aliphatic carbocycles. The molecule has 7 heteroatoms. The molecule has 0 aromatic heterocycles. The number of ether oxygens (including phenoxy) is 1. The van der Waals surface area contributed by atoms with Gasteiger partial charge in [0.25, 0.3) is 0 Å². The Kier molecular flexibility index (Phi) is 6.43. The maximum absolute atomic E-state index is 13.3. The SMILES string of the molecule is C=CCOc1cc(CO)cc(C(S)c2ccc(Cl)cc2C(F)(F)F)c1. The molecule has 25 heavy (non-hydrogen) atoms. The number of alkyl halides is 3. The van der Waals surface area contributed by atoms with E-state index in [1.54, 1.807) is 24.3 Å². The van der Waals surface area contributed by atoms with Gasteiger partial charge in [-0.1, -0.05) is 36.4 Å². The smallest absolute Gasteiger partial charge is 0.416 e. The van der Waals surface area contributed by atoms with E-state index in [4.69, 9.17) is 16.3 Å². The highest BCUT2D eigenvalue weighted by molar-refractivity contribution is 7.80. The van der Waals surface area contributed by atoms with Crippen LogP contribution in [0.2, 0.25) is 5.02 Å². The van der Waals surface area contributed by atoms with Gasteiger partial charge in [0.1, 0.15) is 12.4 Å². The molecule has 0 fully saturated rings. The number of hydrogen-bond acceptors (Lipinski definition) is 3. The zero-order chi connectivity index (χ0) is 18.6. The van der Waals surface area contributed by atoms with Gasteiger partial charge in [0, 0.05) is 5.02 Å². The molecule has 1 atom stereocenters. The van der Waals surface area contributed by atoms with Gasteiger partial charge < -0.3 is 9.84 Å². The molecule has 0 radical (unpaired) electrons. The van der Waals surface area contributed by atoms with Gasteiger partial charge in [-0.2, -0.15) is 25.8 Å². The minimum atomic E-state index is -4.56. The van der Waals surface area contributed by atoms with E-state index >= 15 is 0 Å². The lowest BCUT2D eigenvalue weighted by Gasteiger charge is -2.20. The Bertz CT molecular complexity index is 762. The third-order valence-electron chi connectivity index (χ3n) is 3.47. The molecule has 0 aliphatic heterocycles. The van der Waals surface area contributed by atoms with Gasteiger partial charge in [-0.05, 0) is 41.0 Å². The van der Waals surface area contributed by atoms with Crippen LogP contribution in [0.5, 0.6) is 5.75 Å². The van der Waals surface area contributed by atoms with Gasteiger partial charge in [0.2, 0.25) is 0 Å². The van der Waals surface area contributed by atoms with E-state index in [0.717, 1.165) is 6.07 Å². The highest BCUT2D eigenvalue weighted by Gasteiger charge is 2.35. The topological polar surface area (TPSA) is 29.5 Å². The summed E-state index contributed by atoms with van der Waals surface area (Å²) >= 11 is 10.1. The van der Waals surface area contributed by atoms with Crippen LogP contribution in [0.1, 0.15) is 27.5 Å². The fourth-order valence-corrected chi connectivity index (χ4v) is 2.91. The predicted octanol–water partition coefficient (Wildman–Crippen LogP) is 5.44. The van der Waals surface area contributed by atoms with Crippen LogP contribution >= 0.6 is 24.2 Å². The van der Waals surface area contributed by atoms with Crippen molar-refractivity contribution < 1.29 is 23.0 Å². The maximum atomic E-state index is 13.3. The number of rotatable bonds is 6. The first-order chi connectivity index (χ1) is 11.8. The van der Waals surface area contributed by atoms with E-state index in [0.29, 0.717) is 16.9 Å². The quantitative estimate of drug-likeness (QED) is 0.510. The van der Waals surface area contributed by atoms with Crippen molar-refractivity contribution >= 4 is 24.2 Å². The molecule has 0 bridgehead atoms. The molecule has 0 saturated carbocycles. The van der Waals surface area contributed by atoms with E-state index in [2.05, 4.69) is 19.2 Å². The number of halogens is 4. The summed E-state index contributed by atoms with van der Waals surface area (Å²) in [7, 11) is 0. The van der Waals surface area contributed by atoms with Crippen LogP contribution in [0, 0.1) is 0 Å². The van der Waals surface area contributed by atoms with Gasteiger partial charge in [0.15, 0.2) is 0 Å². The molecule has 0 amide bonds. The zero-order valence-corrected chi connectivity index (χ0v) is 14.7. The summed E-state index contributed by atoms with van der Waals surface area (Å²) in [4.78, 5) is 0. The predicted molar refractivity (Wildman–Crippen MR) is 95.3 cm³/mol. The second-order valence-electron chi connectivity index (χ2n) is 5.30. The lowest BCUT2D eigenvalue weighted by atomic mass is 9.97. The Morgan fingerprint density at radius 1 is 1.24 bits per heavy atom. The molecule has 2 rings (SSSR count). The standard InChI is InChI=1S/C18H16ClF3O2S/c1-2-5-24-14-7-11(10-23)6-12(8-14)17(25)15-4-3-13(19)9-16(15)18(20,21)22/h2-4,6-9,17,23,25H,1,5,10H2. The Hall–Kier alpha value is -1.63. The van der Waals surface area contributed by atoms with Crippen LogP contribution in [-0.2, 0) is 12.8 Å². The third-order valence-corrected chi connectivity index (χ3v) is 4.28. The Labute approximate surface area is 154 Å². The highest BCUT2D eigenvalue weighted by atomic mass is 35.5. The number of benzene rings is 2. The van der Waals surface area contributed by atoms with Gasteiger partial charge in [-0.15, -0.1) is 0 Å². The summed E-state index contributed by atoms with van der Waals surface area (Å²) in [5.41, 5.74) is 0.118. The second kappa shape index (κ2) is 8.17. The van der Waals surface area contributed by atoms with Gasteiger partial charge >= 0.3 is 6.18 Å². The average Bonchev–Trinajstić information content (AvgIpc) is 2.58. The molecule has 0 aliphatic rings. The highest BCUT2D eigenvalue weighted by Crippen LogP contribution is 2.41. The molecule has 2 nitrogen and oxygen atoms in total. The number of thiol groups is 1. The fourth-order valence-electron chi connectivity index (χ4n) is 2.37. The van der Waals surface area contributed by atoms with Crippen molar-refractivity contribution in [1.82, 2.24) is 0 Å². The normalized spacial score (nSPS) is 12.7. The van der Waals surface area contributed by atoms with Crippen molar-refractivity contribution in [2.24, 2.45) is 0 Å².